The van der Waals surface area contributed by atoms with Crippen LogP contribution in [0.2, 0.25) is 0 Å². The van der Waals surface area contributed by atoms with Crippen LogP contribution in [0, 0.1) is 0 Å². The second-order valence-corrected chi connectivity index (χ2v) is 8.44. The lowest BCUT2D eigenvalue weighted by Crippen LogP contribution is -2.03. The summed E-state index contributed by atoms with van der Waals surface area (Å²) >= 11 is 0. The van der Waals surface area contributed by atoms with Gasteiger partial charge >= 0.3 is 5.97 Å². The summed E-state index contributed by atoms with van der Waals surface area (Å²) in [6.07, 6.45) is 5.23. The number of unbranched alkanes of at least 4 members (excludes halogenated alkanes) is 2. The summed E-state index contributed by atoms with van der Waals surface area (Å²) in [7, 11) is 0. The fraction of sp³-hybridized carbons (Fsp3) is 0.481. The van der Waals surface area contributed by atoms with Crippen molar-refractivity contribution < 1.29 is 24.9 Å². The summed E-state index contributed by atoms with van der Waals surface area (Å²) in [6.45, 7) is 1.19. The number of Topliss-reactive ketones (excluding diaryl/α,β-unsaturated/α-hetero) is 1. The van der Waals surface area contributed by atoms with E-state index in [2.05, 4.69) is 20.1 Å². The Labute approximate surface area is 228 Å². The topological polar surface area (TPSA) is 218 Å². The Kier molecular flexibility index (Phi) is 21.7. The van der Waals surface area contributed by atoms with Crippen LogP contribution in [0.4, 0.5) is 5.69 Å². The molecule has 0 saturated heterocycles. The summed E-state index contributed by atoms with van der Waals surface area (Å²) in [5.74, 6) is -0.600. The number of nitrogens with zero attached hydrogens (tertiary/aromatic N) is 6. The number of carboxylic acid groups (broad SMARTS) is 1. The van der Waals surface area contributed by atoms with Crippen molar-refractivity contribution in [1.82, 2.24) is 0 Å². The Hall–Kier alpha value is -4.08. The molecule has 39 heavy (non-hydrogen) atoms. The monoisotopic (exact) mass is 541 g/mol. The van der Waals surface area contributed by atoms with E-state index in [0.717, 1.165) is 35.2 Å². The van der Waals surface area contributed by atoms with E-state index in [0.29, 0.717) is 51.6 Å². The Morgan fingerprint density at radius 2 is 1.15 bits per heavy atom. The maximum Gasteiger partial charge on any atom is 0.303 e. The molecule has 0 atom stereocenters. The molecular weight excluding hydrogens is 502 g/mol. The van der Waals surface area contributed by atoms with E-state index in [4.69, 9.17) is 32.1 Å². The molecular formula is C27H39N7O5. The van der Waals surface area contributed by atoms with Gasteiger partial charge in [0.25, 0.3) is 0 Å². The van der Waals surface area contributed by atoms with Crippen LogP contribution in [0.25, 0.3) is 20.9 Å². The number of hydrogen-bond donors (Lipinski definition) is 4. The summed E-state index contributed by atoms with van der Waals surface area (Å²) in [6, 6.07) is 15.3. The van der Waals surface area contributed by atoms with Crippen LogP contribution in [-0.2, 0) is 28.9 Å². The molecule has 0 aliphatic rings. The summed E-state index contributed by atoms with van der Waals surface area (Å²) in [5.41, 5.74) is 25.3. The van der Waals surface area contributed by atoms with Crippen LogP contribution in [0.3, 0.4) is 0 Å². The smallest absolute Gasteiger partial charge is 0.303 e. The van der Waals surface area contributed by atoms with Crippen molar-refractivity contribution in [2.24, 2.45) is 10.2 Å². The van der Waals surface area contributed by atoms with Crippen molar-refractivity contribution in [3.05, 3.63) is 86.1 Å². The van der Waals surface area contributed by atoms with Gasteiger partial charge in [-0.2, -0.15) is 0 Å². The molecule has 0 aliphatic heterocycles. The van der Waals surface area contributed by atoms with E-state index in [9.17, 15) is 9.59 Å². The number of ketones is 1. The number of nitrogens with two attached hydrogens (primary N) is 1. The highest BCUT2D eigenvalue weighted by atomic mass is 16.4. The second-order valence-electron chi connectivity index (χ2n) is 8.44. The SMILES string of the molecule is Nc1ccc(CCO)cc1.[N-]=[N+]=NCCCCC(=O)Cc1ccc(CCO)cc1.[N-]=[N+]=NCCCCC(=O)O. The van der Waals surface area contributed by atoms with E-state index in [1.54, 1.807) is 0 Å². The third kappa shape index (κ3) is 21.7. The number of rotatable bonds is 16. The van der Waals surface area contributed by atoms with Crippen LogP contribution >= 0.6 is 0 Å². The first-order valence-electron chi connectivity index (χ1n) is 12.7. The number of azide groups is 2. The van der Waals surface area contributed by atoms with Crippen LogP contribution in [-0.4, -0.2) is 53.4 Å². The van der Waals surface area contributed by atoms with Gasteiger partial charge in [-0.25, -0.2) is 0 Å². The molecule has 0 aliphatic carbocycles. The van der Waals surface area contributed by atoms with Gasteiger partial charge in [-0.05, 0) is 78.4 Å². The number of anilines is 1. The Morgan fingerprint density at radius 3 is 1.59 bits per heavy atom. The summed E-state index contributed by atoms with van der Waals surface area (Å²) in [5, 5.41) is 32.2. The summed E-state index contributed by atoms with van der Waals surface area (Å²) in [4.78, 5) is 26.8. The van der Waals surface area contributed by atoms with Crippen LogP contribution in [0.15, 0.2) is 58.8 Å². The normalized spacial score (nSPS) is 9.49. The number of aliphatic hydroxyl groups excluding tert-OH is 2. The highest BCUT2D eigenvalue weighted by molar-refractivity contribution is 5.80. The average Bonchev–Trinajstić information content (AvgIpc) is 2.92. The zero-order valence-electron chi connectivity index (χ0n) is 22.2. The van der Waals surface area contributed by atoms with Crippen molar-refractivity contribution in [2.45, 2.75) is 57.8 Å². The molecule has 0 amide bonds. The molecule has 0 fully saturated rings. The van der Waals surface area contributed by atoms with Crippen molar-refractivity contribution >= 4 is 17.4 Å². The largest absolute Gasteiger partial charge is 0.481 e. The molecule has 2 aromatic rings. The third-order valence-electron chi connectivity index (χ3n) is 5.19. The number of carbonyl (C=O) groups excluding carboxylic acids is 1. The predicted octanol–water partition coefficient (Wildman–Crippen LogP) is 5.17. The van der Waals surface area contributed by atoms with Gasteiger partial charge in [0.2, 0.25) is 0 Å². The maximum absolute atomic E-state index is 11.7. The molecule has 12 heteroatoms. The first-order valence-corrected chi connectivity index (χ1v) is 12.7. The number of carboxylic acids is 1. The van der Waals surface area contributed by atoms with Gasteiger partial charge in [0.1, 0.15) is 5.78 Å². The minimum absolute atomic E-state index is 0.142. The Balaban J connectivity index is 0.000000610. The first kappa shape index (κ1) is 34.9. The van der Waals surface area contributed by atoms with Gasteiger partial charge in [-0.3, -0.25) is 9.59 Å². The molecule has 5 N–H and O–H groups in total. The maximum atomic E-state index is 11.7. The molecule has 2 rings (SSSR count). The lowest BCUT2D eigenvalue weighted by Gasteiger charge is -2.03. The number of aliphatic carboxylic acids is 1. The van der Waals surface area contributed by atoms with Gasteiger partial charge in [0, 0.05) is 61.1 Å². The average molecular weight is 542 g/mol. The van der Waals surface area contributed by atoms with Gasteiger partial charge in [-0.1, -0.05) is 46.6 Å². The number of benzene rings is 2. The number of aliphatic hydroxyl groups is 2. The number of carbonyl (C=O) groups is 2. The minimum atomic E-state index is -0.805. The molecule has 0 aromatic heterocycles. The Morgan fingerprint density at radius 1 is 0.718 bits per heavy atom. The molecule has 212 valence electrons. The molecule has 0 bridgehead atoms. The van der Waals surface area contributed by atoms with Crippen LogP contribution < -0.4 is 5.73 Å². The van der Waals surface area contributed by atoms with Crippen molar-refractivity contribution in [3.63, 3.8) is 0 Å². The van der Waals surface area contributed by atoms with Crippen molar-refractivity contribution in [1.29, 1.82) is 0 Å². The van der Waals surface area contributed by atoms with Gasteiger partial charge in [0.15, 0.2) is 0 Å². The number of nitrogen functional groups attached to an aromatic ring is 1. The standard InChI is InChI=1S/C14H19N3O2.C8H11NO.C5H9N3O2/c15-17-16-9-2-1-3-14(19)11-13-6-4-12(5-7-13)8-10-18;9-8-3-1-7(2-4-8)5-6-10;6-8-7-4-2-1-3-5(9)10/h4-7,18H,1-3,8-11H2;1-4,10H,5-6,9H2;1-4H2,(H,9,10). The Bertz CT molecular complexity index is 1030. The second kappa shape index (κ2) is 24.3. The van der Waals surface area contributed by atoms with E-state index >= 15 is 0 Å². The highest BCUT2D eigenvalue weighted by Gasteiger charge is 2.04. The fourth-order valence-electron chi connectivity index (χ4n) is 3.14. The quantitative estimate of drug-likeness (QED) is 0.0737. The molecule has 0 unspecified atom stereocenters. The van der Waals surface area contributed by atoms with Gasteiger partial charge in [0.05, 0.1) is 0 Å². The van der Waals surface area contributed by atoms with Crippen LogP contribution in [0.1, 0.15) is 55.2 Å². The molecule has 0 saturated carbocycles. The minimum Gasteiger partial charge on any atom is -0.481 e. The lowest BCUT2D eigenvalue weighted by atomic mass is 10.0. The summed E-state index contributed by atoms with van der Waals surface area (Å²) < 4.78 is 0. The van der Waals surface area contributed by atoms with Crippen LogP contribution in [0.5, 0.6) is 0 Å². The molecule has 0 heterocycles. The van der Waals surface area contributed by atoms with Crippen molar-refractivity contribution in [2.75, 3.05) is 32.0 Å². The molecule has 0 radical (unpaired) electrons. The lowest BCUT2D eigenvalue weighted by molar-refractivity contribution is -0.137. The molecule has 12 nitrogen and oxygen atoms in total. The fourth-order valence-corrected chi connectivity index (χ4v) is 3.14. The van der Waals surface area contributed by atoms with E-state index in [-0.39, 0.29) is 25.4 Å². The molecule has 2 aromatic carbocycles. The van der Waals surface area contributed by atoms with E-state index in [1.165, 1.54) is 0 Å². The van der Waals surface area contributed by atoms with Gasteiger partial charge < -0.3 is 21.1 Å². The third-order valence-corrected chi connectivity index (χ3v) is 5.19. The zero-order valence-corrected chi connectivity index (χ0v) is 22.2. The van der Waals surface area contributed by atoms with Gasteiger partial charge in [-0.15, -0.1) is 0 Å². The van der Waals surface area contributed by atoms with Crippen molar-refractivity contribution in [3.8, 4) is 0 Å². The van der Waals surface area contributed by atoms with E-state index in [1.807, 2.05) is 48.5 Å². The number of hydrogen-bond acceptors (Lipinski definition) is 7. The highest BCUT2D eigenvalue weighted by Crippen LogP contribution is 2.09. The zero-order chi connectivity index (χ0) is 29.1. The predicted molar refractivity (Wildman–Crippen MR) is 151 cm³/mol. The first-order chi connectivity index (χ1) is 18.9. The molecule has 0 spiro atoms. The van der Waals surface area contributed by atoms with E-state index < -0.39 is 5.97 Å².